The first kappa shape index (κ1) is 23.7. The molecule has 178 valence electrons. The van der Waals surface area contributed by atoms with Gasteiger partial charge in [0.15, 0.2) is 0 Å². The van der Waals surface area contributed by atoms with Crippen LogP contribution in [0.1, 0.15) is 64.2 Å². The number of carbonyl (C=O) groups is 4. The molecule has 0 spiro atoms. The predicted molar refractivity (Wildman–Crippen MR) is 127 cm³/mol. The zero-order valence-electron chi connectivity index (χ0n) is 19.4. The van der Waals surface area contributed by atoms with Crippen LogP contribution in [0.2, 0.25) is 0 Å². The second-order valence-electron chi connectivity index (χ2n) is 8.08. The molecule has 0 aliphatic carbocycles. The SMILES string of the molecule is COC(=O)c1ccc(C(=O)OC)c(NC(=O)c2ccc3c(c2)C[C@@H](c2ccc(C)cc2)OC3=O)c1. The Hall–Kier alpha value is -4.46. The molecule has 0 bridgehead atoms. The van der Waals surface area contributed by atoms with Crippen LogP contribution in [0.4, 0.5) is 5.69 Å². The number of methoxy groups -OCH3 is 2. The standard InChI is InChI=1S/C27H23NO7/c1-15-4-6-16(7-5-15)23-14-19-12-17(8-10-20(19)27(32)35-23)24(29)28-22-13-18(25(30)33-2)9-11-21(22)26(31)34-3/h4-13,23H,14H2,1-3H3,(H,28,29)/t23-/m0/s1. The fourth-order valence-electron chi connectivity index (χ4n) is 3.88. The summed E-state index contributed by atoms with van der Waals surface area (Å²) in [5, 5.41) is 2.66. The highest BCUT2D eigenvalue weighted by Gasteiger charge is 2.28. The van der Waals surface area contributed by atoms with Gasteiger partial charge in [-0.1, -0.05) is 29.8 Å². The second-order valence-corrected chi connectivity index (χ2v) is 8.08. The summed E-state index contributed by atoms with van der Waals surface area (Å²) in [6.07, 6.45) is -0.0483. The van der Waals surface area contributed by atoms with E-state index < -0.39 is 29.9 Å². The molecule has 0 saturated heterocycles. The zero-order chi connectivity index (χ0) is 25.1. The third-order valence-corrected chi connectivity index (χ3v) is 5.79. The van der Waals surface area contributed by atoms with Crippen LogP contribution in [-0.4, -0.2) is 38.0 Å². The largest absolute Gasteiger partial charge is 0.465 e. The molecule has 0 saturated carbocycles. The van der Waals surface area contributed by atoms with Gasteiger partial charge in [-0.2, -0.15) is 0 Å². The molecule has 1 atom stereocenters. The molecule has 3 aromatic carbocycles. The Morgan fingerprint density at radius 2 is 1.57 bits per heavy atom. The first-order valence-electron chi connectivity index (χ1n) is 10.8. The summed E-state index contributed by atoms with van der Waals surface area (Å²) in [6.45, 7) is 1.98. The van der Waals surface area contributed by atoms with Gasteiger partial charge in [0.05, 0.1) is 36.6 Å². The average molecular weight is 473 g/mol. The van der Waals surface area contributed by atoms with Gasteiger partial charge in [0.1, 0.15) is 6.10 Å². The highest BCUT2D eigenvalue weighted by Crippen LogP contribution is 2.31. The van der Waals surface area contributed by atoms with Gasteiger partial charge in [-0.15, -0.1) is 0 Å². The molecule has 8 nitrogen and oxygen atoms in total. The molecule has 1 N–H and O–H groups in total. The molecule has 35 heavy (non-hydrogen) atoms. The van der Waals surface area contributed by atoms with Gasteiger partial charge < -0.3 is 19.5 Å². The minimum absolute atomic E-state index is 0.0782. The molecule has 0 radical (unpaired) electrons. The minimum Gasteiger partial charge on any atom is -0.465 e. The van der Waals surface area contributed by atoms with Gasteiger partial charge in [0.2, 0.25) is 0 Å². The molecule has 0 aromatic heterocycles. The molecule has 0 unspecified atom stereocenters. The lowest BCUT2D eigenvalue weighted by Crippen LogP contribution is -2.23. The number of hydrogen-bond acceptors (Lipinski definition) is 7. The van der Waals surface area contributed by atoms with E-state index in [1.165, 1.54) is 38.5 Å². The van der Waals surface area contributed by atoms with Crippen LogP contribution in [-0.2, 0) is 20.6 Å². The lowest BCUT2D eigenvalue weighted by atomic mass is 9.92. The summed E-state index contributed by atoms with van der Waals surface area (Å²) in [5.41, 5.74) is 3.65. The third-order valence-electron chi connectivity index (χ3n) is 5.79. The number of hydrogen-bond donors (Lipinski definition) is 1. The number of ether oxygens (including phenoxy) is 3. The number of benzene rings is 3. The van der Waals surface area contributed by atoms with Crippen molar-refractivity contribution in [1.29, 1.82) is 0 Å². The van der Waals surface area contributed by atoms with E-state index >= 15 is 0 Å². The molecule has 8 heteroatoms. The van der Waals surface area contributed by atoms with Gasteiger partial charge in [-0.25, -0.2) is 14.4 Å². The maximum absolute atomic E-state index is 13.1. The van der Waals surface area contributed by atoms with Crippen molar-refractivity contribution in [3.05, 3.63) is 99.6 Å². The summed E-state index contributed by atoms with van der Waals surface area (Å²) < 4.78 is 15.1. The highest BCUT2D eigenvalue weighted by atomic mass is 16.5. The van der Waals surface area contributed by atoms with E-state index in [0.717, 1.165) is 11.1 Å². The van der Waals surface area contributed by atoms with Crippen LogP contribution in [0.15, 0.2) is 60.7 Å². The van der Waals surface area contributed by atoms with Gasteiger partial charge in [0, 0.05) is 12.0 Å². The molecule has 1 aliphatic heterocycles. The second kappa shape index (κ2) is 9.80. The van der Waals surface area contributed by atoms with E-state index in [9.17, 15) is 19.2 Å². The maximum atomic E-state index is 13.1. The Morgan fingerprint density at radius 3 is 2.26 bits per heavy atom. The van der Waals surface area contributed by atoms with E-state index in [0.29, 0.717) is 17.5 Å². The smallest absolute Gasteiger partial charge is 0.339 e. The lowest BCUT2D eigenvalue weighted by Gasteiger charge is -2.25. The fourth-order valence-corrected chi connectivity index (χ4v) is 3.88. The van der Waals surface area contributed by atoms with Crippen LogP contribution in [0.5, 0.6) is 0 Å². The molecule has 1 aliphatic rings. The third kappa shape index (κ3) is 4.91. The van der Waals surface area contributed by atoms with Crippen molar-refractivity contribution in [3.63, 3.8) is 0 Å². The number of carbonyl (C=O) groups excluding carboxylic acids is 4. The number of esters is 3. The summed E-state index contributed by atoms with van der Waals surface area (Å²) >= 11 is 0. The monoisotopic (exact) mass is 473 g/mol. The molecule has 0 fully saturated rings. The number of amides is 1. The molecule has 1 heterocycles. The van der Waals surface area contributed by atoms with Gasteiger partial charge >= 0.3 is 17.9 Å². The van der Waals surface area contributed by atoms with E-state index in [4.69, 9.17) is 14.2 Å². The minimum atomic E-state index is -0.675. The van der Waals surface area contributed by atoms with Gasteiger partial charge in [-0.3, -0.25) is 4.79 Å². The molecular formula is C27H23NO7. The van der Waals surface area contributed by atoms with E-state index in [1.54, 1.807) is 12.1 Å². The van der Waals surface area contributed by atoms with Crippen LogP contribution in [0.25, 0.3) is 0 Å². The number of aryl methyl sites for hydroxylation is 1. The van der Waals surface area contributed by atoms with Gasteiger partial charge in [-0.05, 0) is 54.4 Å². The van der Waals surface area contributed by atoms with Crippen LogP contribution in [0, 0.1) is 6.92 Å². The maximum Gasteiger partial charge on any atom is 0.339 e. The van der Waals surface area contributed by atoms with Crippen molar-refractivity contribution < 1.29 is 33.4 Å². The number of anilines is 1. The van der Waals surface area contributed by atoms with E-state index in [-0.39, 0.29) is 22.4 Å². The van der Waals surface area contributed by atoms with Crippen molar-refractivity contribution in [2.75, 3.05) is 19.5 Å². The molecule has 4 rings (SSSR count). The van der Waals surface area contributed by atoms with Crippen LogP contribution < -0.4 is 5.32 Å². The van der Waals surface area contributed by atoms with E-state index in [2.05, 4.69) is 5.32 Å². The Morgan fingerprint density at radius 1 is 0.886 bits per heavy atom. The van der Waals surface area contributed by atoms with Gasteiger partial charge in [0.25, 0.3) is 5.91 Å². The average Bonchev–Trinajstić information content (AvgIpc) is 2.87. The summed E-state index contributed by atoms with van der Waals surface area (Å²) in [7, 11) is 2.45. The van der Waals surface area contributed by atoms with Crippen molar-refractivity contribution in [2.24, 2.45) is 0 Å². The highest BCUT2D eigenvalue weighted by molar-refractivity contribution is 6.09. The summed E-state index contributed by atoms with van der Waals surface area (Å²) in [4.78, 5) is 49.8. The molecular weight excluding hydrogens is 450 g/mol. The van der Waals surface area contributed by atoms with Crippen LogP contribution in [0.3, 0.4) is 0 Å². The Kier molecular flexibility index (Phi) is 6.64. The normalized spacial score (nSPS) is 14.4. The first-order chi connectivity index (χ1) is 16.8. The predicted octanol–water partition coefficient (Wildman–Crippen LogP) is 4.27. The first-order valence-corrected chi connectivity index (χ1v) is 10.8. The Bertz CT molecular complexity index is 1330. The Labute approximate surface area is 201 Å². The molecule has 1 amide bonds. The van der Waals surface area contributed by atoms with Crippen molar-refractivity contribution >= 4 is 29.5 Å². The molecule has 3 aromatic rings. The van der Waals surface area contributed by atoms with Crippen molar-refractivity contribution in [2.45, 2.75) is 19.4 Å². The van der Waals surface area contributed by atoms with Crippen molar-refractivity contribution in [1.82, 2.24) is 0 Å². The number of fused-ring (bicyclic) bond motifs is 1. The number of cyclic esters (lactones) is 1. The Balaban J connectivity index is 1.63. The van der Waals surface area contributed by atoms with Crippen molar-refractivity contribution in [3.8, 4) is 0 Å². The number of rotatable bonds is 5. The fraction of sp³-hybridized carbons (Fsp3) is 0.185. The summed E-state index contributed by atoms with van der Waals surface area (Å²) in [5.74, 6) is -2.27. The summed E-state index contributed by atoms with van der Waals surface area (Å²) in [6, 6.07) is 16.5. The van der Waals surface area contributed by atoms with E-state index in [1.807, 2.05) is 31.2 Å². The number of nitrogens with one attached hydrogen (secondary N) is 1. The lowest BCUT2D eigenvalue weighted by molar-refractivity contribution is 0.0252. The van der Waals surface area contributed by atoms with Crippen LogP contribution >= 0.6 is 0 Å². The zero-order valence-corrected chi connectivity index (χ0v) is 19.4. The topological polar surface area (TPSA) is 108 Å². The quantitative estimate of drug-likeness (QED) is 0.435.